The number of hydrogen-bond donors (Lipinski definition) is 1. The summed E-state index contributed by atoms with van der Waals surface area (Å²) in [6.45, 7) is 5.22. The number of carbonyl (C=O) groups excluding carboxylic acids is 1. The molecule has 5 heteroatoms. The Morgan fingerprint density at radius 2 is 1.92 bits per heavy atom. The first-order valence-corrected chi connectivity index (χ1v) is 8.67. The normalized spacial score (nSPS) is 16.2. The van der Waals surface area contributed by atoms with E-state index in [0.29, 0.717) is 30.2 Å². The van der Waals surface area contributed by atoms with Crippen LogP contribution >= 0.6 is 0 Å². The Bertz CT molecular complexity index is 760. The molecule has 1 aliphatic rings. The number of carbonyl (C=O) groups is 1. The Morgan fingerprint density at radius 3 is 2.64 bits per heavy atom. The van der Waals surface area contributed by atoms with Gasteiger partial charge in [0.2, 0.25) is 0 Å². The molecule has 0 aliphatic carbocycles. The van der Waals surface area contributed by atoms with Gasteiger partial charge in [-0.2, -0.15) is 0 Å². The van der Waals surface area contributed by atoms with Crippen LogP contribution in [0.3, 0.4) is 0 Å². The minimum atomic E-state index is -0.294. The van der Waals surface area contributed by atoms with Crippen molar-refractivity contribution in [2.75, 3.05) is 25.6 Å². The average Bonchev–Trinajstić information content (AvgIpc) is 2.64. The average molecular weight is 340 g/mol. The lowest BCUT2D eigenvalue weighted by Crippen LogP contribution is -2.43. The Labute approximate surface area is 148 Å². The molecule has 1 atom stereocenters. The third-order valence-corrected chi connectivity index (χ3v) is 4.29. The van der Waals surface area contributed by atoms with Gasteiger partial charge in [-0.25, -0.2) is 0 Å². The summed E-state index contributed by atoms with van der Waals surface area (Å²) in [6.07, 6.45) is 0.581. The molecule has 0 saturated heterocycles. The van der Waals surface area contributed by atoms with Crippen LogP contribution in [0.4, 0.5) is 5.69 Å². The highest BCUT2D eigenvalue weighted by Gasteiger charge is 2.34. The lowest BCUT2D eigenvalue weighted by atomic mass is 10.0. The molecule has 0 saturated carbocycles. The molecular formula is C20H24N2O3. The molecule has 3 rings (SSSR count). The van der Waals surface area contributed by atoms with Crippen LogP contribution in [0, 0.1) is 0 Å². The molecule has 25 heavy (non-hydrogen) atoms. The molecule has 2 aromatic carbocycles. The molecule has 0 radical (unpaired) electrons. The van der Waals surface area contributed by atoms with Crippen LogP contribution in [0.2, 0.25) is 0 Å². The summed E-state index contributed by atoms with van der Waals surface area (Å²) in [6, 6.07) is 13.4. The lowest BCUT2D eigenvalue weighted by molar-refractivity contribution is 0.0681. The van der Waals surface area contributed by atoms with Gasteiger partial charge in [-0.1, -0.05) is 31.2 Å². The second kappa shape index (κ2) is 7.47. The highest BCUT2D eigenvalue weighted by atomic mass is 16.5. The van der Waals surface area contributed by atoms with E-state index in [9.17, 15) is 4.79 Å². The Kier molecular flexibility index (Phi) is 5.12. The predicted octanol–water partition coefficient (Wildman–Crippen LogP) is 4.07. The molecule has 1 N–H and O–H groups in total. The number of anilines is 1. The van der Waals surface area contributed by atoms with Gasteiger partial charge < -0.3 is 19.7 Å². The van der Waals surface area contributed by atoms with Gasteiger partial charge in [0, 0.05) is 17.8 Å². The summed E-state index contributed by atoms with van der Waals surface area (Å²) in [5, 5.41) is 3.49. The van der Waals surface area contributed by atoms with Crippen molar-refractivity contribution in [3.05, 3.63) is 53.6 Å². The highest BCUT2D eigenvalue weighted by molar-refractivity contribution is 6.01. The number of nitrogens with one attached hydrogen (secondary N) is 1. The van der Waals surface area contributed by atoms with Crippen molar-refractivity contribution in [1.82, 2.24) is 4.90 Å². The zero-order chi connectivity index (χ0) is 17.8. The molecule has 0 unspecified atom stereocenters. The van der Waals surface area contributed by atoms with E-state index in [2.05, 4.69) is 12.2 Å². The molecule has 0 aromatic heterocycles. The fourth-order valence-electron chi connectivity index (χ4n) is 3.25. The van der Waals surface area contributed by atoms with Crippen molar-refractivity contribution in [2.45, 2.75) is 26.4 Å². The number of fused-ring (bicyclic) bond motifs is 1. The first-order valence-electron chi connectivity index (χ1n) is 8.67. The summed E-state index contributed by atoms with van der Waals surface area (Å²) >= 11 is 0. The Morgan fingerprint density at radius 1 is 1.12 bits per heavy atom. The molecule has 1 heterocycles. The fourth-order valence-corrected chi connectivity index (χ4v) is 3.25. The lowest BCUT2D eigenvalue weighted by Gasteiger charge is -2.38. The molecule has 1 aliphatic heterocycles. The number of para-hydroxylation sites is 2. The minimum absolute atomic E-state index is 0.0325. The van der Waals surface area contributed by atoms with Gasteiger partial charge in [0.05, 0.1) is 19.3 Å². The fraction of sp³-hybridized carbons (Fsp3) is 0.350. The smallest absolute Gasteiger partial charge is 0.257 e. The largest absolute Gasteiger partial charge is 0.492 e. The zero-order valence-electron chi connectivity index (χ0n) is 14.9. The SMILES string of the molecule is CCCN1C(=O)c2ccccc2N[C@@H]1c1cccc(OCC)c1OC. The van der Waals surface area contributed by atoms with Crippen molar-refractivity contribution in [3.8, 4) is 11.5 Å². The number of benzene rings is 2. The summed E-state index contributed by atoms with van der Waals surface area (Å²) in [5.41, 5.74) is 2.44. The van der Waals surface area contributed by atoms with E-state index >= 15 is 0 Å². The van der Waals surface area contributed by atoms with Crippen LogP contribution in [0.25, 0.3) is 0 Å². The maximum atomic E-state index is 13.0. The second-order valence-electron chi connectivity index (χ2n) is 5.90. The number of amides is 1. The van der Waals surface area contributed by atoms with Crippen molar-refractivity contribution in [1.29, 1.82) is 0 Å². The van der Waals surface area contributed by atoms with Gasteiger partial charge in [0.15, 0.2) is 11.5 Å². The van der Waals surface area contributed by atoms with Crippen LogP contribution in [-0.2, 0) is 0 Å². The highest BCUT2D eigenvalue weighted by Crippen LogP contribution is 2.40. The number of ether oxygens (including phenoxy) is 2. The van der Waals surface area contributed by atoms with E-state index in [1.165, 1.54) is 0 Å². The van der Waals surface area contributed by atoms with Gasteiger partial charge >= 0.3 is 0 Å². The molecule has 0 spiro atoms. The summed E-state index contributed by atoms with van der Waals surface area (Å²) in [7, 11) is 1.63. The minimum Gasteiger partial charge on any atom is -0.492 e. The summed E-state index contributed by atoms with van der Waals surface area (Å²) < 4.78 is 11.3. The molecule has 132 valence electrons. The Balaban J connectivity index is 2.09. The molecule has 1 amide bonds. The predicted molar refractivity (Wildman–Crippen MR) is 98.3 cm³/mol. The first kappa shape index (κ1) is 17.1. The number of nitrogens with zero attached hydrogens (tertiary/aromatic N) is 1. The van der Waals surface area contributed by atoms with E-state index in [0.717, 1.165) is 17.7 Å². The van der Waals surface area contributed by atoms with Crippen molar-refractivity contribution >= 4 is 11.6 Å². The van der Waals surface area contributed by atoms with Crippen LogP contribution < -0.4 is 14.8 Å². The third kappa shape index (κ3) is 3.14. The van der Waals surface area contributed by atoms with Gasteiger partial charge in [-0.05, 0) is 31.5 Å². The van der Waals surface area contributed by atoms with Crippen LogP contribution in [0.1, 0.15) is 42.4 Å². The van der Waals surface area contributed by atoms with E-state index in [-0.39, 0.29) is 12.1 Å². The molecule has 0 fully saturated rings. The number of methoxy groups -OCH3 is 1. The van der Waals surface area contributed by atoms with Gasteiger partial charge in [0.25, 0.3) is 5.91 Å². The maximum Gasteiger partial charge on any atom is 0.257 e. The standard InChI is InChI=1S/C20H24N2O3/c1-4-13-22-19(21-16-11-7-6-9-14(16)20(22)23)15-10-8-12-17(25-5-2)18(15)24-3/h6-12,19,21H,4-5,13H2,1-3H3/t19-/m0/s1. The summed E-state index contributed by atoms with van der Waals surface area (Å²) in [5.74, 6) is 1.38. The third-order valence-electron chi connectivity index (χ3n) is 4.29. The maximum absolute atomic E-state index is 13.0. The number of rotatable bonds is 6. The topological polar surface area (TPSA) is 50.8 Å². The molecule has 0 bridgehead atoms. The van der Waals surface area contributed by atoms with E-state index in [1.807, 2.05) is 54.3 Å². The quantitative estimate of drug-likeness (QED) is 0.861. The molecule has 5 nitrogen and oxygen atoms in total. The Hall–Kier alpha value is -2.69. The van der Waals surface area contributed by atoms with Crippen LogP contribution in [0.15, 0.2) is 42.5 Å². The van der Waals surface area contributed by atoms with Crippen LogP contribution in [0.5, 0.6) is 11.5 Å². The summed E-state index contributed by atoms with van der Waals surface area (Å²) in [4.78, 5) is 14.9. The van der Waals surface area contributed by atoms with E-state index in [4.69, 9.17) is 9.47 Å². The van der Waals surface area contributed by atoms with Crippen molar-refractivity contribution < 1.29 is 14.3 Å². The zero-order valence-corrected chi connectivity index (χ0v) is 14.9. The van der Waals surface area contributed by atoms with Crippen molar-refractivity contribution in [3.63, 3.8) is 0 Å². The van der Waals surface area contributed by atoms with Gasteiger partial charge in [0.1, 0.15) is 6.17 Å². The van der Waals surface area contributed by atoms with Gasteiger partial charge in [-0.15, -0.1) is 0 Å². The van der Waals surface area contributed by atoms with E-state index < -0.39 is 0 Å². The van der Waals surface area contributed by atoms with Gasteiger partial charge in [-0.3, -0.25) is 4.79 Å². The number of hydrogen-bond acceptors (Lipinski definition) is 4. The molecular weight excluding hydrogens is 316 g/mol. The van der Waals surface area contributed by atoms with Crippen LogP contribution in [-0.4, -0.2) is 31.1 Å². The van der Waals surface area contributed by atoms with E-state index in [1.54, 1.807) is 7.11 Å². The van der Waals surface area contributed by atoms with Crippen molar-refractivity contribution in [2.24, 2.45) is 0 Å². The first-order chi connectivity index (χ1) is 12.2. The second-order valence-corrected chi connectivity index (χ2v) is 5.90. The molecule has 2 aromatic rings. The monoisotopic (exact) mass is 340 g/mol.